The summed E-state index contributed by atoms with van der Waals surface area (Å²) in [5.74, 6) is -0.463. The van der Waals surface area contributed by atoms with Crippen molar-refractivity contribution in [3.8, 4) is 0 Å². The van der Waals surface area contributed by atoms with E-state index in [1.165, 1.54) is 18.2 Å². The molecule has 6 heteroatoms. The van der Waals surface area contributed by atoms with Crippen LogP contribution in [0.25, 0.3) is 10.9 Å². The molecule has 3 rings (SSSR count). The minimum Gasteiger partial charge on any atom is -0.286 e. The number of rotatable bonds is 3. The lowest BCUT2D eigenvalue weighted by Crippen LogP contribution is -2.06. The number of carbonyl (C=O) groups is 1. The fraction of sp³-hybridized carbons (Fsp3) is 0. The minimum absolute atomic E-state index is 0.0368. The van der Waals surface area contributed by atoms with Crippen LogP contribution >= 0.6 is 0 Å². The highest BCUT2D eigenvalue weighted by atomic mass is 16.6. The molecule has 0 saturated carbocycles. The van der Waals surface area contributed by atoms with Gasteiger partial charge in [0.05, 0.1) is 10.4 Å². The fourth-order valence-electron chi connectivity index (χ4n) is 2.09. The summed E-state index contributed by atoms with van der Waals surface area (Å²) < 4.78 is 0. The third-order valence-corrected chi connectivity index (χ3v) is 3.03. The van der Waals surface area contributed by atoms with Gasteiger partial charge < -0.3 is 0 Å². The molecule has 0 radical (unpaired) electrons. The molecule has 0 saturated heterocycles. The van der Waals surface area contributed by atoms with Gasteiger partial charge in [-0.15, -0.1) is 0 Å². The molecular formula is C14H9N3O3. The Morgan fingerprint density at radius 1 is 1.10 bits per heavy atom. The number of aromatic nitrogens is 2. The number of nitrogens with one attached hydrogen (secondary N) is 1. The highest BCUT2D eigenvalue weighted by Gasteiger charge is 2.23. The number of benzene rings is 2. The van der Waals surface area contributed by atoms with E-state index in [-0.39, 0.29) is 16.9 Å². The SMILES string of the molecule is O=C(c1ccccc1[N+](=O)[O-])c1n[nH]c2ccccc12. The van der Waals surface area contributed by atoms with Gasteiger partial charge >= 0.3 is 0 Å². The third kappa shape index (κ3) is 1.83. The van der Waals surface area contributed by atoms with E-state index in [2.05, 4.69) is 10.2 Å². The first kappa shape index (κ1) is 12.0. The van der Waals surface area contributed by atoms with Crippen molar-refractivity contribution in [3.05, 3.63) is 69.9 Å². The van der Waals surface area contributed by atoms with Crippen molar-refractivity contribution < 1.29 is 9.72 Å². The molecule has 1 aromatic heterocycles. The number of nitro benzene ring substituents is 1. The highest BCUT2D eigenvalue weighted by Crippen LogP contribution is 2.24. The summed E-state index contributed by atoms with van der Waals surface area (Å²) in [6.45, 7) is 0. The molecule has 0 fully saturated rings. The van der Waals surface area contributed by atoms with Gasteiger partial charge in [-0.05, 0) is 12.1 Å². The van der Waals surface area contributed by atoms with Gasteiger partial charge in [-0.2, -0.15) is 5.10 Å². The van der Waals surface area contributed by atoms with E-state index >= 15 is 0 Å². The molecule has 3 aromatic rings. The number of carbonyl (C=O) groups excluding carboxylic acids is 1. The number of ketones is 1. The van der Waals surface area contributed by atoms with E-state index in [0.29, 0.717) is 5.39 Å². The average Bonchev–Trinajstić information content (AvgIpc) is 2.90. The van der Waals surface area contributed by atoms with Gasteiger partial charge in [0.15, 0.2) is 0 Å². The molecule has 20 heavy (non-hydrogen) atoms. The van der Waals surface area contributed by atoms with Gasteiger partial charge in [-0.1, -0.05) is 30.3 Å². The van der Waals surface area contributed by atoms with Gasteiger partial charge in [0.1, 0.15) is 11.3 Å². The zero-order valence-corrected chi connectivity index (χ0v) is 10.2. The van der Waals surface area contributed by atoms with Crippen molar-refractivity contribution in [3.63, 3.8) is 0 Å². The summed E-state index contributed by atoms with van der Waals surface area (Å²) in [5.41, 5.74) is 0.726. The van der Waals surface area contributed by atoms with Crippen LogP contribution in [0.15, 0.2) is 48.5 Å². The Bertz CT molecular complexity index is 823. The molecule has 0 aliphatic carbocycles. The normalized spacial score (nSPS) is 10.6. The molecule has 0 aliphatic heterocycles. The maximum Gasteiger partial charge on any atom is 0.280 e. The first-order valence-corrected chi connectivity index (χ1v) is 5.89. The fourth-order valence-corrected chi connectivity index (χ4v) is 2.09. The summed E-state index contributed by atoms with van der Waals surface area (Å²) in [6.07, 6.45) is 0. The third-order valence-electron chi connectivity index (χ3n) is 3.03. The van der Waals surface area contributed by atoms with Crippen LogP contribution in [0.5, 0.6) is 0 Å². The van der Waals surface area contributed by atoms with Crippen LogP contribution in [0.4, 0.5) is 5.69 Å². The summed E-state index contributed by atoms with van der Waals surface area (Å²) in [5, 5.41) is 18.4. The van der Waals surface area contributed by atoms with E-state index in [1.807, 2.05) is 6.07 Å². The topological polar surface area (TPSA) is 88.9 Å². The van der Waals surface area contributed by atoms with Crippen molar-refractivity contribution in [2.24, 2.45) is 0 Å². The van der Waals surface area contributed by atoms with Crippen molar-refractivity contribution in [2.75, 3.05) is 0 Å². The summed E-state index contributed by atoms with van der Waals surface area (Å²) in [4.78, 5) is 22.9. The van der Waals surface area contributed by atoms with Crippen molar-refractivity contribution in [1.29, 1.82) is 0 Å². The van der Waals surface area contributed by atoms with Gasteiger partial charge in [-0.25, -0.2) is 0 Å². The standard InChI is InChI=1S/C14H9N3O3/c18-14(10-6-2-4-8-12(10)17(19)20)13-9-5-1-3-7-11(9)15-16-13/h1-8H,(H,15,16). The minimum atomic E-state index is -0.567. The second-order valence-electron chi connectivity index (χ2n) is 4.22. The van der Waals surface area contributed by atoms with Gasteiger partial charge in [0.2, 0.25) is 5.78 Å². The molecule has 0 amide bonds. The van der Waals surface area contributed by atoms with E-state index < -0.39 is 10.7 Å². The molecule has 0 spiro atoms. The lowest BCUT2D eigenvalue weighted by atomic mass is 10.0. The van der Waals surface area contributed by atoms with Crippen LogP contribution in [-0.4, -0.2) is 20.9 Å². The molecule has 1 heterocycles. The van der Waals surface area contributed by atoms with Crippen LogP contribution in [0.3, 0.4) is 0 Å². The molecule has 1 N–H and O–H groups in total. The van der Waals surface area contributed by atoms with Crippen molar-refractivity contribution in [2.45, 2.75) is 0 Å². The molecule has 0 atom stereocenters. The summed E-state index contributed by atoms with van der Waals surface area (Å²) >= 11 is 0. The Balaban J connectivity index is 2.16. The lowest BCUT2D eigenvalue weighted by molar-refractivity contribution is -0.385. The summed E-state index contributed by atoms with van der Waals surface area (Å²) in [7, 11) is 0. The second kappa shape index (κ2) is 4.58. The predicted octanol–water partition coefficient (Wildman–Crippen LogP) is 2.70. The van der Waals surface area contributed by atoms with Crippen LogP contribution < -0.4 is 0 Å². The number of hydrogen-bond donors (Lipinski definition) is 1. The van der Waals surface area contributed by atoms with Crippen molar-refractivity contribution in [1.82, 2.24) is 10.2 Å². The van der Waals surface area contributed by atoms with Gasteiger partial charge in [0, 0.05) is 11.5 Å². The van der Waals surface area contributed by atoms with Gasteiger partial charge in [-0.3, -0.25) is 20.0 Å². The molecule has 0 bridgehead atoms. The molecule has 0 aliphatic rings. The van der Waals surface area contributed by atoms with E-state index in [1.54, 1.807) is 24.3 Å². The molecule has 2 aromatic carbocycles. The van der Waals surface area contributed by atoms with E-state index in [0.717, 1.165) is 5.52 Å². The quantitative estimate of drug-likeness (QED) is 0.449. The first-order chi connectivity index (χ1) is 9.68. The van der Waals surface area contributed by atoms with Crippen LogP contribution in [0.1, 0.15) is 16.1 Å². The number of nitrogens with zero attached hydrogens (tertiary/aromatic N) is 2. The Labute approximate surface area is 113 Å². The highest BCUT2D eigenvalue weighted by molar-refractivity contribution is 6.16. The van der Waals surface area contributed by atoms with Crippen LogP contribution in [0.2, 0.25) is 0 Å². The Kier molecular flexibility index (Phi) is 2.76. The lowest BCUT2D eigenvalue weighted by Gasteiger charge is -2.00. The van der Waals surface area contributed by atoms with Gasteiger partial charge in [0.25, 0.3) is 5.69 Å². The molecule has 0 unspecified atom stereocenters. The largest absolute Gasteiger partial charge is 0.286 e. The Morgan fingerprint density at radius 3 is 2.60 bits per heavy atom. The average molecular weight is 267 g/mol. The number of aromatic amines is 1. The predicted molar refractivity (Wildman–Crippen MR) is 72.6 cm³/mol. The number of fused-ring (bicyclic) bond motifs is 1. The number of para-hydroxylation sites is 2. The smallest absolute Gasteiger partial charge is 0.280 e. The first-order valence-electron chi connectivity index (χ1n) is 5.89. The monoisotopic (exact) mass is 267 g/mol. The number of nitro groups is 1. The van der Waals surface area contributed by atoms with E-state index in [9.17, 15) is 14.9 Å². The zero-order valence-electron chi connectivity index (χ0n) is 10.2. The zero-order chi connectivity index (χ0) is 14.1. The van der Waals surface area contributed by atoms with Crippen LogP contribution in [0, 0.1) is 10.1 Å². The number of hydrogen-bond acceptors (Lipinski definition) is 4. The Morgan fingerprint density at radius 2 is 1.80 bits per heavy atom. The second-order valence-corrected chi connectivity index (χ2v) is 4.22. The molecule has 98 valence electrons. The molecule has 6 nitrogen and oxygen atoms in total. The maximum atomic E-state index is 12.5. The van der Waals surface area contributed by atoms with E-state index in [4.69, 9.17) is 0 Å². The Hall–Kier alpha value is -3.02. The van der Waals surface area contributed by atoms with Crippen LogP contribution in [-0.2, 0) is 0 Å². The molecular weight excluding hydrogens is 258 g/mol. The summed E-state index contributed by atoms with van der Waals surface area (Å²) in [6, 6.07) is 13.0. The number of H-pyrrole nitrogens is 1. The maximum absolute atomic E-state index is 12.5. The van der Waals surface area contributed by atoms with Crippen molar-refractivity contribution >= 4 is 22.4 Å².